The van der Waals surface area contributed by atoms with Crippen molar-refractivity contribution < 1.29 is 4.79 Å². The molecule has 1 aliphatic rings. The lowest BCUT2D eigenvalue weighted by molar-refractivity contribution is -0.116. The van der Waals surface area contributed by atoms with E-state index in [1.54, 1.807) is 0 Å². The largest absolute Gasteiger partial charge is 0.325 e. The normalized spacial score (nSPS) is 17.9. The maximum Gasteiger partial charge on any atom is 0.225 e. The SMILES string of the molecule is CC(C)c1nc(-c2ccccc2NC(=O)CC2CSCCN2)n[nH]1. The van der Waals surface area contributed by atoms with E-state index in [0.29, 0.717) is 12.2 Å². The van der Waals surface area contributed by atoms with Gasteiger partial charge in [0.1, 0.15) is 5.82 Å². The van der Waals surface area contributed by atoms with Crippen LogP contribution >= 0.6 is 11.8 Å². The Labute approximate surface area is 146 Å². The zero-order valence-corrected chi connectivity index (χ0v) is 14.8. The molecule has 0 saturated carbocycles. The zero-order chi connectivity index (χ0) is 16.9. The summed E-state index contributed by atoms with van der Waals surface area (Å²) in [6.45, 7) is 5.09. The number of rotatable bonds is 5. The molecule has 0 bridgehead atoms. The predicted octanol–water partition coefficient (Wildman–Crippen LogP) is 2.63. The second-order valence-electron chi connectivity index (χ2n) is 6.22. The van der Waals surface area contributed by atoms with Gasteiger partial charge in [-0.15, -0.1) is 0 Å². The molecule has 0 radical (unpaired) electrons. The summed E-state index contributed by atoms with van der Waals surface area (Å²) >= 11 is 1.89. The molecule has 1 aliphatic heterocycles. The third kappa shape index (κ3) is 4.15. The molecule has 1 saturated heterocycles. The molecule has 3 N–H and O–H groups in total. The first kappa shape index (κ1) is 17.0. The van der Waals surface area contributed by atoms with Crippen LogP contribution in [0.5, 0.6) is 0 Å². The van der Waals surface area contributed by atoms with Crippen LogP contribution < -0.4 is 10.6 Å². The number of hydrogen-bond donors (Lipinski definition) is 3. The van der Waals surface area contributed by atoms with E-state index < -0.39 is 0 Å². The van der Waals surface area contributed by atoms with E-state index in [0.717, 1.165) is 35.1 Å². The summed E-state index contributed by atoms with van der Waals surface area (Å²) in [5, 5.41) is 13.7. The van der Waals surface area contributed by atoms with Gasteiger partial charge in [-0.05, 0) is 12.1 Å². The van der Waals surface area contributed by atoms with Crippen LogP contribution in [0.1, 0.15) is 32.0 Å². The minimum Gasteiger partial charge on any atom is -0.325 e. The summed E-state index contributed by atoms with van der Waals surface area (Å²) in [5.41, 5.74) is 1.58. The van der Waals surface area contributed by atoms with E-state index in [-0.39, 0.29) is 17.9 Å². The van der Waals surface area contributed by atoms with Gasteiger partial charge in [-0.1, -0.05) is 26.0 Å². The first-order chi connectivity index (χ1) is 11.6. The van der Waals surface area contributed by atoms with Crippen molar-refractivity contribution in [3.8, 4) is 11.4 Å². The number of thioether (sulfide) groups is 1. The Bertz CT molecular complexity index is 694. The third-order valence-corrected chi connectivity index (χ3v) is 5.05. The third-order valence-electron chi connectivity index (χ3n) is 3.92. The van der Waals surface area contributed by atoms with Crippen LogP contribution in [0.2, 0.25) is 0 Å². The highest BCUT2D eigenvalue weighted by Crippen LogP contribution is 2.26. The molecule has 1 aromatic heterocycles. The topological polar surface area (TPSA) is 82.7 Å². The van der Waals surface area contributed by atoms with Crippen molar-refractivity contribution in [2.24, 2.45) is 0 Å². The average Bonchev–Trinajstić information content (AvgIpc) is 3.06. The molecular weight excluding hydrogens is 322 g/mol. The molecule has 1 fully saturated rings. The number of nitrogens with one attached hydrogen (secondary N) is 3. The molecule has 0 spiro atoms. The number of benzene rings is 1. The maximum absolute atomic E-state index is 12.4. The van der Waals surface area contributed by atoms with Crippen LogP contribution in [0.4, 0.5) is 5.69 Å². The molecule has 24 heavy (non-hydrogen) atoms. The lowest BCUT2D eigenvalue weighted by atomic mass is 10.1. The van der Waals surface area contributed by atoms with Crippen LogP contribution in [0.15, 0.2) is 24.3 Å². The van der Waals surface area contributed by atoms with Crippen molar-refractivity contribution in [1.29, 1.82) is 0 Å². The number of aromatic amines is 1. The number of anilines is 1. The molecule has 2 aromatic rings. The Balaban J connectivity index is 1.72. The predicted molar refractivity (Wildman–Crippen MR) is 98.3 cm³/mol. The maximum atomic E-state index is 12.4. The Hall–Kier alpha value is -1.86. The Morgan fingerprint density at radius 1 is 1.42 bits per heavy atom. The van der Waals surface area contributed by atoms with Gasteiger partial charge < -0.3 is 10.6 Å². The fourth-order valence-corrected chi connectivity index (χ4v) is 3.57. The molecule has 1 aromatic carbocycles. The van der Waals surface area contributed by atoms with Crippen molar-refractivity contribution in [2.45, 2.75) is 32.2 Å². The molecule has 128 valence electrons. The number of para-hydroxylation sites is 1. The summed E-state index contributed by atoms with van der Waals surface area (Å²) in [5.74, 6) is 3.85. The van der Waals surface area contributed by atoms with Crippen LogP contribution in [0.25, 0.3) is 11.4 Å². The van der Waals surface area contributed by atoms with E-state index in [4.69, 9.17) is 0 Å². The zero-order valence-electron chi connectivity index (χ0n) is 14.0. The van der Waals surface area contributed by atoms with Gasteiger partial charge in [-0.3, -0.25) is 9.89 Å². The number of aromatic nitrogens is 3. The standard InChI is InChI=1S/C17H23N5OS/c1-11(2)16-20-17(22-21-16)13-5-3-4-6-14(13)19-15(23)9-12-10-24-8-7-18-12/h3-6,11-12,18H,7-10H2,1-2H3,(H,19,23)(H,20,21,22). The van der Waals surface area contributed by atoms with Crippen molar-refractivity contribution in [2.75, 3.05) is 23.4 Å². The van der Waals surface area contributed by atoms with Gasteiger partial charge in [0.2, 0.25) is 5.91 Å². The fourth-order valence-electron chi connectivity index (χ4n) is 2.62. The summed E-state index contributed by atoms with van der Waals surface area (Å²) < 4.78 is 0. The monoisotopic (exact) mass is 345 g/mol. The smallest absolute Gasteiger partial charge is 0.225 e. The van der Waals surface area contributed by atoms with Gasteiger partial charge in [-0.2, -0.15) is 16.9 Å². The summed E-state index contributed by atoms with van der Waals surface area (Å²) in [7, 11) is 0. The van der Waals surface area contributed by atoms with Gasteiger partial charge in [0.05, 0.1) is 5.69 Å². The highest BCUT2D eigenvalue weighted by Gasteiger charge is 2.18. The van der Waals surface area contributed by atoms with Crippen molar-refractivity contribution >= 4 is 23.4 Å². The van der Waals surface area contributed by atoms with Crippen molar-refractivity contribution in [3.63, 3.8) is 0 Å². The van der Waals surface area contributed by atoms with Gasteiger partial charge in [0, 0.05) is 42.0 Å². The Kier molecular flexibility index (Phi) is 5.52. The minimum atomic E-state index is 0.0158. The van der Waals surface area contributed by atoms with Crippen LogP contribution in [-0.4, -0.2) is 45.2 Å². The number of carbonyl (C=O) groups is 1. The Morgan fingerprint density at radius 2 is 2.25 bits per heavy atom. The quantitative estimate of drug-likeness (QED) is 0.776. The molecule has 1 amide bonds. The highest BCUT2D eigenvalue weighted by molar-refractivity contribution is 7.99. The van der Waals surface area contributed by atoms with Crippen LogP contribution in [0.3, 0.4) is 0 Å². The summed E-state index contributed by atoms with van der Waals surface area (Å²) in [6.07, 6.45) is 0.479. The van der Waals surface area contributed by atoms with E-state index in [1.165, 1.54) is 0 Å². The van der Waals surface area contributed by atoms with Gasteiger partial charge in [0.15, 0.2) is 5.82 Å². The molecule has 7 heteroatoms. The molecule has 0 aliphatic carbocycles. The molecule has 1 unspecified atom stereocenters. The Morgan fingerprint density at radius 3 is 2.96 bits per heavy atom. The summed E-state index contributed by atoms with van der Waals surface area (Å²) in [4.78, 5) is 16.9. The molecule has 2 heterocycles. The lowest BCUT2D eigenvalue weighted by Gasteiger charge is -2.22. The number of nitrogens with zero attached hydrogens (tertiary/aromatic N) is 2. The number of amides is 1. The number of carbonyl (C=O) groups excluding carboxylic acids is 1. The second kappa shape index (κ2) is 7.81. The van der Waals surface area contributed by atoms with Crippen molar-refractivity contribution in [1.82, 2.24) is 20.5 Å². The van der Waals surface area contributed by atoms with E-state index in [1.807, 2.05) is 36.0 Å². The van der Waals surface area contributed by atoms with Crippen LogP contribution in [0, 0.1) is 0 Å². The van der Waals surface area contributed by atoms with E-state index in [2.05, 4.69) is 39.7 Å². The first-order valence-corrected chi connectivity index (χ1v) is 9.41. The minimum absolute atomic E-state index is 0.0158. The van der Waals surface area contributed by atoms with Gasteiger partial charge >= 0.3 is 0 Å². The first-order valence-electron chi connectivity index (χ1n) is 8.26. The molecule has 3 rings (SSSR count). The van der Waals surface area contributed by atoms with Crippen LogP contribution in [-0.2, 0) is 4.79 Å². The van der Waals surface area contributed by atoms with Gasteiger partial charge in [0.25, 0.3) is 0 Å². The second-order valence-corrected chi connectivity index (χ2v) is 7.37. The highest BCUT2D eigenvalue weighted by atomic mass is 32.2. The fraction of sp³-hybridized carbons (Fsp3) is 0.471. The van der Waals surface area contributed by atoms with E-state index >= 15 is 0 Å². The van der Waals surface area contributed by atoms with Gasteiger partial charge in [-0.25, -0.2) is 4.98 Å². The van der Waals surface area contributed by atoms with Crippen molar-refractivity contribution in [3.05, 3.63) is 30.1 Å². The number of H-pyrrole nitrogens is 1. The molecule has 6 nitrogen and oxygen atoms in total. The average molecular weight is 345 g/mol. The van der Waals surface area contributed by atoms with E-state index in [9.17, 15) is 4.79 Å². The molecule has 1 atom stereocenters. The number of hydrogen-bond acceptors (Lipinski definition) is 5. The molecular formula is C17H23N5OS. The lowest BCUT2D eigenvalue weighted by Crippen LogP contribution is -2.39. The summed E-state index contributed by atoms with van der Waals surface area (Å²) in [6, 6.07) is 7.89.